The summed E-state index contributed by atoms with van der Waals surface area (Å²) < 4.78 is 0. The number of rotatable bonds is 5. The Morgan fingerprint density at radius 3 is 2.37 bits per heavy atom. The van der Waals surface area contributed by atoms with Gasteiger partial charge in [-0.3, -0.25) is 19.4 Å². The Morgan fingerprint density at radius 1 is 0.854 bits per heavy atom. The van der Waals surface area contributed by atoms with Crippen molar-refractivity contribution in [2.24, 2.45) is 15.4 Å². The van der Waals surface area contributed by atoms with Gasteiger partial charge >= 0.3 is 0 Å². The summed E-state index contributed by atoms with van der Waals surface area (Å²) in [5, 5.41) is 18.0. The summed E-state index contributed by atoms with van der Waals surface area (Å²) in [6, 6.07) is 29.0. The summed E-state index contributed by atoms with van der Waals surface area (Å²) in [5.74, 6) is -1.21. The average molecular weight is 543 g/mol. The van der Waals surface area contributed by atoms with Gasteiger partial charge in [-0.25, -0.2) is 9.91 Å². The summed E-state index contributed by atoms with van der Waals surface area (Å²) in [7, 11) is 0. The van der Waals surface area contributed by atoms with Crippen LogP contribution in [0.1, 0.15) is 29.2 Å². The maximum Gasteiger partial charge on any atom is 0.264 e. The minimum absolute atomic E-state index is 0.233. The Morgan fingerprint density at radius 2 is 1.59 bits per heavy atom. The number of fused-ring (bicyclic) bond motifs is 2. The molecule has 3 aliphatic rings. The lowest BCUT2D eigenvalue weighted by Crippen LogP contribution is -2.44. The molecule has 7 rings (SSSR count). The zero-order valence-electron chi connectivity index (χ0n) is 22.3. The number of hydrogen-bond acceptors (Lipinski definition) is 7. The SMILES string of the molecule is Cc1ccc(N2C(=O)[C@@H]3N=NN(CC(=O)N4N=C(c5ccc6ccccc6c5)C[C@@H]4c4ccccc4)[C@H]3C2=O)cc1. The number of hydrogen-bond donors (Lipinski definition) is 0. The zero-order valence-corrected chi connectivity index (χ0v) is 22.3. The van der Waals surface area contributed by atoms with E-state index >= 15 is 0 Å². The Bertz CT molecular complexity index is 1750. The third-order valence-electron chi connectivity index (χ3n) is 7.88. The second-order valence-electron chi connectivity index (χ2n) is 10.5. The molecular formula is C32H26N6O3. The zero-order chi connectivity index (χ0) is 28.1. The fraction of sp³-hybridized carbons (Fsp3) is 0.188. The normalized spacial score (nSPS) is 21.6. The molecule has 0 radical (unpaired) electrons. The van der Waals surface area contributed by atoms with E-state index in [1.807, 2.05) is 67.6 Å². The van der Waals surface area contributed by atoms with Crippen molar-refractivity contribution < 1.29 is 14.4 Å². The molecule has 0 spiro atoms. The molecule has 1 fully saturated rings. The quantitative estimate of drug-likeness (QED) is 0.338. The van der Waals surface area contributed by atoms with Crippen LogP contribution >= 0.6 is 0 Å². The molecule has 4 aromatic carbocycles. The van der Waals surface area contributed by atoms with Crippen LogP contribution in [0, 0.1) is 6.92 Å². The van der Waals surface area contributed by atoms with Gasteiger partial charge in [0.15, 0.2) is 12.1 Å². The molecule has 4 aromatic rings. The first-order valence-electron chi connectivity index (χ1n) is 13.5. The van der Waals surface area contributed by atoms with Crippen LogP contribution in [-0.2, 0) is 14.4 Å². The highest BCUT2D eigenvalue weighted by Crippen LogP contribution is 2.35. The monoisotopic (exact) mass is 542 g/mol. The van der Waals surface area contributed by atoms with Gasteiger partial charge < -0.3 is 0 Å². The smallest absolute Gasteiger partial charge is 0.264 e. The van der Waals surface area contributed by atoms with Gasteiger partial charge in [0.1, 0.15) is 6.54 Å². The molecule has 0 aromatic heterocycles. The average Bonchev–Trinajstić information content (AvgIpc) is 3.69. The fourth-order valence-electron chi connectivity index (χ4n) is 5.73. The van der Waals surface area contributed by atoms with Gasteiger partial charge in [-0.15, -0.1) is 0 Å². The highest BCUT2D eigenvalue weighted by atomic mass is 16.2. The van der Waals surface area contributed by atoms with Gasteiger partial charge in [-0.1, -0.05) is 89.6 Å². The number of anilines is 1. The number of carbonyl (C=O) groups is 3. The van der Waals surface area contributed by atoms with E-state index in [1.54, 1.807) is 12.1 Å². The molecule has 202 valence electrons. The summed E-state index contributed by atoms with van der Waals surface area (Å²) >= 11 is 0. The highest BCUT2D eigenvalue weighted by Gasteiger charge is 2.55. The predicted molar refractivity (Wildman–Crippen MR) is 154 cm³/mol. The first-order valence-corrected chi connectivity index (χ1v) is 13.5. The first-order chi connectivity index (χ1) is 20.0. The van der Waals surface area contributed by atoms with Crippen LogP contribution < -0.4 is 4.90 Å². The van der Waals surface area contributed by atoms with Crippen molar-refractivity contribution in [2.45, 2.75) is 31.5 Å². The van der Waals surface area contributed by atoms with Gasteiger partial charge in [-0.05, 0) is 47.0 Å². The van der Waals surface area contributed by atoms with E-state index < -0.39 is 23.9 Å². The maximum atomic E-state index is 13.8. The summed E-state index contributed by atoms with van der Waals surface area (Å²) in [6.07, 6.45) is 0.542. The Labute approximate surface area is 236 Å². The number of carbonyl (C=O) groups excluding carboxylic acids is 3. The summed E-state index contributed by atoms with van der Waals surface area (Å²) in [6.45, 7) is 1.70. The molecule has 3 atom stereocenters. The van der Waals surface area contributed by atoms with Crippen LogP contribution in [0.2, 0.25) is 0 Å². The molecule has 0 aliphatic carbocycles. The second-order valence-corrected chi connectivity index (χ2v) is 10.5. The topological polar surface area (TPSA) is 98.0 Å². The molecule has 0 unspecified atom stereocenters. The number of nitrogens with zero attached hydrogens (tertiary/aromatic N) is 6. The van der Waals surface area contributed by atoms with E-state index in [9.17, 15) is 14.4 Å². The molecule has 9 nitrogen and oxygen atoms in total. The molecule has 1 saturated heterocycles. The van der Waals surface area contributed by atoms with Crippen LogP contribution in [0.3, 0.4) is 0 Å². The van der Waals surface area contributed by atoms with Crippen molar-refractivity contribution in [3.8, 4) is 0 Å². The van der Waals surface area contributed by atoms with Gasteiger partial charge in [0.2, 0.25) is 0 Å². The van der Waals surface area contributed by atoms with Crippen molar-refractivity contribution in [3.05, 3.63) is 114 Å². The standard InChI is InChI=1S/C32H26N6O3/c1-20-11-15-25(16-12-20)37-31(40)29-30(32(37)41)36(35-33-29)19-28(39)38-27(22-8-3-2-4-9-22)18-26(34-38)24-14-13-21-7-5-6-10-23(21)17-24/h2-17,27,29-30H,18-19H2,1H3/t27-,29-,30-/m1/s1. The van der Waals surface area contributed by atoms with Crippen LogP contribution in [0.15, 0.2) is 113 Å². The lowest BCUT2D eigenvalue weighted by Gasteiger charge is -2.25. The summed E-state index contributed by atoms with van der Waals surface area (Å²) in [5.41, 5.74) is 4.21. The van der Waals surface area contributed by atoms with Gasteiger partial charge in [0, 0.05) is 6.42 Å². The van der Waals surface area contributed by atoms with Crippen molar-refractivity contribution in [3.63, 3.8) is 0 Å². The van der Waals surface area contributed by atoms with Gasteiger partial charge in [0.25, 0.3) is 17.7 Å². The van der Waals surface area contributed by atoms with Crippen LogP contribution in [-0.4, -0.2) is 52.1 Å². The number of hydrazone groups is 1. The van der Waals surface area contributed by atoms with E-state index in [0.717, 1.165) is 38.1 Å². The number of imide groups is 1. The van der Waals surface area contributed by atoms with Crippen LogP contribution in [0.4, 0.5) is 5.69 Å². The Hall–Kier alpha value is -5.18. The summed E-state index contributed by atoms with van der Waals surface area (Å²) in [4.78, 5) is 41.5. The lowest BCUT2D eigenvalue weighted by molar-refractivity contribution is -0.135. The van der Waals surface area contributed by atoms with E-state index in [4.69, 9.17) is 5.10 Å². The van der Waals surface area contributed by atoms with Gasteiger partial charge in [-0.2, -0.15) is 10.2 Å². The Balaban J connectivity index is 1.16. The molecule has 3 amide bonds. The lowest BCUT2D eigenvalue weighted by atomic mass is 9.97. The molecular weight excluding hydrogens is 516 g/mol. The highest BCUT2D eigenvalue weighted by molar-refractivity contribution is 6.25. The van der Waals surface area contributed by atoms with Crippen molar-refractivity contribution in [1.29, 1.82) is 0 Å². The van der Waals surface area contributed by atoms with Crippen LogP contribution in [0.25, 0.3) is 10.8 Å². The van der Waals surface area contributed by atoms with Crippen molar-refractivity contribution in [1.82, 2.24) is 10.0 Å². The largest absolute Gasteiger partial charge is 0.271 e. The molecule has 0 bridgehead atoms. The molecule has 9 heteroatoms. The van der Waals surface area contributed by atoms with Crippen LogP contribution in [0.5, 0.6) is 0 Å². The third-order valence-corrected chi connectivity index (χ3v) is 7.88. The fourth-order valence-corrected chi connectivity index (χ4v) is 5.73. The van der Waals surface area contributed by atoms with Gasteiger partial charge in [0.05, 0.1) is 17.4 Å². The number of aryl methyl sites for hydroxylation is 1. The number of amides is 3. The molecule has 0 N–H and O–H groups in total. The first kappa shape index (κ1) is 24.8. The van der Waals surface area contributed by atoms with Crippen molar-refractivity contribution >= 4 is 39.9 Å². The number of benzene rings is 4. The molecule has 0 saturated carbocycles. The molecule has 3 heterocycles. The van der Waals surface area contributed by atoms with E-state index in [1.165, 1.54) is 10.0 Å². The third kappa shape index (κ3) is 4.26. The minimum Gasteiger partial charge on any atom is -0.271 e. The minimum atomic E-state index is -0.975. The molecule has 3 aliphatic heterocycles. The molecule has 41 heavy (non-hydrogen) atoms. The second kappa shape index (κ2) is 9.78. The van der Waals surface area contributed by atoms with E-state index in [0.29, 0.717) is 12.1 Å². The predicted octanol–water partition coefficient (Wildman–Crippen LogP) is 4.82. The van der Waals surface area contributed by atoms with E-state index in [2.05, 4.69) is 34.6 Å². The maximum absolute atomic E-state index is 13.8. The Kier molecular flexibility index (Phi) is 5.92. The van der Waals surface area contributed by atoms with E-state index in [-0.39, 0.29) is 18.5 Å². The van der Waals surface area contributed by atoms with Crippen molar-refractivity contribution in [2.75, 3.05) is 11.4 Å².